The second kappa shape index (κ2) is 3.39. The maximum atomic E-state index is 10.7. The Morgan fingerprint density at radius 1 is 1.50 bits per heavy atom. The molecule has 1 rings (SSSR count). The van der Waals surface area contributed by atoms with Crippen LogP contribution in [0, 0.1) is 13.3 Å². The normalized spacial score (nSPS) is 9.83. The lowest BCUT2D eigenvalue weighted by Gasteiger charge is -2.00. The van der Waals surface area contributed by atoms with Gasteiger partial charge >= 0.3 is 0 Å². The minimum Gasteiger partial charge on any atom is -0.508 e. The Morgan fingerprint density at radius 2 is 2.17 bits per heavy atom. The molecule has 0 aliphatic rings. The number of rotatable bonds is 2. The topological polar surface area (TPSA) is 37.3 Å². The van der Waals surface area contributed by atoms with Gasteiger partial charge < -0.3 is 5.11 Å². The van der Waals surface area contributed by atoms with Gasteiger partial charge in [0.2, 0.25) is 0 Å². The van der Waals surface area contributed by atoms with Gasteiger partial charge in [-0.25, -0.2) is 0 Å². The number of aryl methyl sites for hydroxylation is 1. The fourth-order valence-corrected chi connectivity index (χ4v) is 0.951. The molecule has 0 fully saturated rings. The highest BCUT2D eigenvalue weighted by Gasteiger charge is 2.00. The first-order chi connectivity index (χ1) is 5.59. The number of Topliss-reactive ketones (excluding diaryl/α,β-unsaturated/α-hetero) is 1. The van der Waals surface area contributed by atoms with Crippen LogP contribution in [-0.4, -0.2) is 10.9 Å². The number of benzene rings is 1. The van der Waals surface area contributed by atoms with Crippen LogP contribution in [0.15, 0.2) is 18.2 Å². The zero-order valence-electron chi connectivity index (χ0n) is 7.16. The Balaban J connectivity index is 2.89. The largest absolute Gasteiger partial charge is 0.508 e. The molecule has 0 atom stereocenters. The molecule has 0 saturated heterocycles. The molecule has 0 unspecified atom stereocenters. The van der Waals surface area contributed by atoms with E-state index >= 15 is 0 Å². The molecule has 0 aliphatic carbocycles. The van der Waals surface area contributed by atoms with Crippen molar-refractivity contribution in [3.05, 3.63) is 35.7 Å². The molecule has 0 aliphatic heterocycles. The first kappa shape index (κ1) is 8.78. The lowest BCUT2D eigenvalue weighted by atomic mass is 10.1. The van der Waals surface area contributed by atoms with Gasteiger partial charge in [-0.3, -0.25) is 4.79 Å². The standard InChI is InChI=1S/C10H11O2/c1-7-3-4-9(5-8(2)11)6-10(7)12/h3-6,12H,1-2H3. The summed E-state index contributed by atoms with van der Waals surface area (Å²) < 4.78 is 0. The summed E-state index contributed by atoms with van der Waals surface area (Å²) in [6, 6.07) is 5.16. The number of carbonyl (C=O) groups is 1. The molecule has 0 aromatic heterocycles. The number of phenolic OH excluding ortho intramolecular Hbond substituents is 1. The molecule has 1 N–H and O–H groups in total. The lowest BCUT2D eigenvalue weighted by Crippen LogP contribution is -1.92. The number of carbonyl (C=O) groups excluding carboxylic acids is 1. The van der Waals surface area contributed by atoms with Crippen LogP contribution < -0.4 is 0 Å². The van der Waals surface area contributed by atoms with E-state index in [-0.39, 0.29) is 11.5 Å². The Kier molecular flexibility index (Phi) is 2.48. The van der Waals surface area contributed by atoms with Crippen molar-refractivity contribution in [3.8, 4) is 5.75 Å². The molecule has 2 nitrogen and oxygen atoms in total. The van der Waals surface area contributed by atoms with Gasteiger partial charge in [-0.15, -0.1) is 0 Å². The van der Waals surface area contributed by atoms with Crippen molar-refractivity contribution in [2.45, 2.75) is 13.8 Å². The monoisotopic (exact) mass is 163 g/mol. The van der Waals surface area contributed by atoms with Crippen molar-refractivity contribution in [2.75, 3.05) is 0 Å². The molecule has 0 heterocycles. The molecular weight excluding hydrogens is 152 g/mol. The van der Waals surface area contributed by atoms with E-state index in [4.69, 9.17) is 0 Å². The second-order valence-electron chi connectivity index (χ2n) is 2.80. The maximum absolute atomic E-state index is 10.7. The number of ketones is 1. The summed E-state index contributed by atoms with van der Waals surface area (Å²) in [4.78, 5) is 10.7. The van der Waals surface area contributed by atoms with Crippen molar-refractivity contribution in [2.24, 2.45) is 0 Å². The molecule has 0 amide bonds. The lowest BCUT2D eigenvalue weighted by molar-refractivity contribution is -0.113. The summed E-state index contributed by atoms with van der Waals surface area (Å²) in [5.41, 5.74) is 1.56. The van der Waals surface area contributed by atoms with E-state index in [0.717, 1.165) is 11.1 Å². The van der Waals surface area contributed by atoms with Crippen LogP contribution >= 0.6 is 0 Å². The number of aromatic hydroxyl groups is 1. The van der Waals surface area contributed by atoms with Crippen molar-refractivity contribution in [3.63, 3.8) is 0 Å². The Labute approximate surface area is 71.8 Å². The minimum absolute atomic E-state index is 0.0155. The van der Waals surface area contributed by atoms with E-state index in [0.29, 0.717) is 0 Å². The third kappa shape index (κ3) is 2.09. The molecule has 0 bridgehead atoms. The predicted octanol–water partition coefficient (Wildman–Crippen LogP) is 1.84. The number of hydrogen-bond acceptors (Lipinski definition) is 2. The van der Waals surface area contributed by atoms with Crippen LogP contribution in [0.5, 0.6) is 5.75 Å². The second-order valence-corrected chi connectivity index (χ2v) is 2.80. The zero-order chi connectivity index (χ0) is 9.14. The van der Waals surface area contributed by atoms with E-state index in [1.54, 1.807) is 18.2 Å². The molecule has 2 heteroatoms. The molecule has 63 valence electrons. The van der Waals surface area contributed by atoms with E-state index in [1.165, 1.54) is 13.3 Å². The van der Waals surface area contributed by atoms with Gasteiger partial charge in [0.15, 0.2) is 0 Å². The highest BCUT2D eigenvalue weighted by molar-refractivity contribution is 5.88. The minimum atomic E-state index is -0.0155. The van der Waals surface area contributed by atoms with Crippen LogP contribution in [0.25, 0.3) is 0 Å². The van der Waals surface area contributed by atoms with Crippen LogP contribution in [0.2, 0.25) is 0 Å². The molecule has 12 heavy (non-hydrogen) atoms. The fraction of sp³-hybridized carbons (Fsp3) is 0.200. The van der Waals surface area contributed by atoms with E-state index in [9.17, 15) is 9.90 Å². The highest BCUT2D eigenvalue weighted by Crippen LogP contribution is 2.18. The van der Waals surface area contributed by atoms with Gasteiger partial charge in [0, 0.05) is 0 Å². The summed E-state index contributed by atoms with van der Waals surface area (Å²) in [7, 11) is 0. The highest BCUT2D eigenvalue weighted by atomic mass is 16.3. The molecule has 1 radical (unpaired) electrons. The summed E-state index contributed by atoms with van der Waals surface area (Å²) in [5, 5.41) is 9.28. The first-order valence-corrected chi connectivity index (χ1v) is 3.74. The maximum Gasteiger partial charge on any atom is 0.138 e. The molecule has 1 aromatic rings. The quantitative estimate of drug-likeness (QED) is 0.722. The Morgan fingerprint density at radius 3 is 2.67 bits per heavy atom. The van der Waals surface area contributed by atoms with Crippen molar-refractivity contribution in [1.82, 2.24) is 0 Å². The van der Waals surface area contributed by atoms with Gasteiger partial charge in [0.05, 0.1) is 6.42 Å². The van der Waals surface area contributed by atoms with Crippen LogP contribution in [0.3, 0.4) is 0 Å². The average Bonchev–Trinajstić information content (AvgIpc) is 1.96. The SMILES string of the molecule is CC(=O)[CH]c1ccc(C)c(O)c1. The van der Waals surface area contributed by atoms with Crippen molar-refractivity contribution in [1.29, 1.82) is 0 Å². The summed E-state index contributed by atoms with van der Waals surface area (Å²) in [6.07, 6.45) is 1.49. The van der Waals surface area contributed by atoms with Crippen molar-refractivity contribution >= 4 is 5.78 Å². The zero-order valence-corrected chi connectivity index (χ0v) is 7.16. The van der Waals surface area contributed by atoms with E-state index < -0.39 is 0 Å². The van der Waals surface area contributed by atoms with Gasteiger partial charge in [0.1, 0.15) is 11.5 Å². The van der Waals surface area contributed by atoms with Gasteiger partial charge in [-0.05, 0) is 31.0 Å². The summed E-state index contributed by atoms with van der Waals surface area (Å²) in [6.45, 7) is 3.30. The summed E-state index contributed by atoms with van der Waals surface area (Å²) in [5.74, 6) is 0.211. The van der Waals surface area contributed by atoms with E-state index in [1.807, 2.05) is 6.92 Å². The first-order valence-electron chi connectivity index (χ1n) is 3.74. The third-order valence-corrected chi connectivity index (χ3v) is 1.60. The summed E-state index contributed by atoms with van der Waals surface area (Å²) >= 11 is 0. The number of hydrogen-bond donors (Lipinski definition) is 1. The van der Waals surface area contributed by atoms with Crippen molar-refractivity contribution < 1.29 is 9.90 Å². The Bertz CT molecular complexity index is 303. The van der Waals surface area contributed by atoms with Gasteiger partial charge in [-0.1, -0.05) is 12.1 Å². The van der Waals surface area contributed by atoms with Crippen LogP contribution in [0.1, 0.15) is 18.1 Å². The van der Waals surface area contributed by atoms with Gasteiger partial charge in [-0.2, -0.15) is 0 Å². The average molecular weight is 163 g/mol. The van der Waals surface area contributed by atoms with Crippen LogP contribution in [-0.2, 0) is 4.79 Å². The van der Waals surface area contributed by atoms with Gasteiger partial charge in [0.25, 0.3) is 0 Å². The van der Waals surface area contributed by atoms with E-state index in [2.05, 4.69) is 0 Å². The molecule has 1 aromatic carbocycles. The third-order valence-electron chi connectivity index (χ3n) is 1.60. The molecule has 0 spiro atoms. The molecular formula is C10H11O2. The fourth-order valence-electron chi connectivity index (χ4n) is 0.951. The number of phenols is 1. The molecule has 0 saturated carbocycles. The smallest absolute Gasteiger partial charge is 0.138 e. The Hall–Kier alpha value is -1.31. The van der Waals surface area contributed by atoms with Crippen LogP contribution in [0.4, 0.5) is 0 Å². The predicted molar refractivity (Wildman–Crippen MR) is 46.9 cm³/mol.